The zero-order valence-electron chi connectivity index (χ0n) is 20.5. The molecule has 0 fully saturated rings. The molecule has 1 aromatic heterocycles. The fraction of sp³-hybridized carbons (Fsp3) is 0.276. The molecule has 5 rings (SSSR count). The van der Waals surface area contributed by atoms with Crippen LogP contribution in [0.3, 0.4) is 0 Å². The number of anilines is 2. The summed E-state index contributed by atoms with van der Waals surface area (Å²) in [5, 5.41) is 0. The second-order valence-electron chi connectivity index (χ2n) is 9.82. The van der Waals surface area contributed by atoms with Crippen LogP contribution in [0, 0.1) is 13.8 Å². The third-order valence-corrected chi connectivity index (χ3v) is 6.96. The van der Waals surface area contributed by atoms with E-state index in [1.54, 1.807) is 0 Å². The molecule has 0 saturated heterocycles. The Morgan fingerprint density at radius 1 is 0.758 bits per heavy atom. The molecule has 4 heteroatoms. The van der Waals surface area contributed by atoms with E-state index in [4.69, 9.17) is 4.98 Å². The van der Waals surface area contributed by atoms with Crippen LogP contribution in [0.15, 0.2) is 73.1 Å². The van der Waals surface area contributed by atoms with Crippen LogP contribution in [0.4, 0.5) is 11.4 Å². The van der Waals surface area contributed by atoms with Crippen molar-refractivity contribution >= 4 is 23.8 Å². The molecule has 4 aromatic rings. The van der Waals surface area contributed by atoms with Gasteiger partial charge < -0.3 is 9.29 Å². The van der Waals surface area contributed by atoms with Gasteiger partial charge in [-0.1, -0.05) is 87.4 Å². The fourth-order valence-corrected chi connectivity index (χ4v) is 5.38. The minimum Gasteiger partial charge on any atom is -0.360 e. The number of nitrogens with zero attached hydrogens (tertiary/aromatic N) is 3. The van der Waals surface area contributed by atoms with E-state index in [1.807, 2.05) is 6.20 Å². The number of aryl methyl sites for hydroxylation is 2. The predicted octanol–water partition coefficient (Wildman–Crippen LogP) is 6.81. The minimum absolute atomic E-state index is 0.00370. The van der Waals surface area contributed by atoms with E-state index in [-0.39, 0.29) is 6.98 Å². The summed E-state index contributed by atoms with van der Waals surface area (Å²) in [7, 11) is 0. The summed E-state index contributed by atoms with van der Waals surface area (Å²) in [4.78, 5) is 7.40. The maximum absolute atomic E-state index is 4.81. The van der Waals surface area contributed by atoms with Gasteiger partial charge in [0.05, 0.1) is 0 Å². The Hall–Kier alpha value is -3.27. The van der Waals surface area contributed by atoms with Crippen molar-refractivity contribution in [2.45, 2.75) is 53.4 Å². The van der Waals surface area contributed by atoms with Gasteiger partial charge in [-0.3, -0.25) is 0 Å². The topological polar surface area (TPSA) is 21.1 Å². The predicted molar refractivity (Wildman–Crippen MR) is 141 cm³/mol. The molecule has 166 valence electrons. The smallest absolute Gasteiger partial charge is 0.360 e. The van der Waals surface area contributed by atoms with Gasteiger partial charge in [0.1, 0.15) is 5.82 Å². The molecular weight excluding hydrogens is 401 g/mol. The molecule has 0 N–H and O–H groups in total. The lowest BCUT2D eigenvalue weighted by atomic mass is 9.59. The average molecular weight is 433 g/mol. The molecule has 3 aromatic carbocycles. The first-order chi connectivity index (χ1) is 15.9. The Kier molecular flexibility index (Phi) is 5.40. The van der Waals surface area contributed by atoms with Gasteiger partial charge in [-0.05, 0) is 54.4 Å². The summed E-state index contributed by atoms with van der Waals surface area (Å²) in [6, 6.07) is 22.2. The van der Waals surface area contributed by atoms with E-state index >= 15 is 0 Å². The van der Waals surface area contributed by atoms with E-state index in [9.17, 15) is 0 Å². The molecule has 0 aliphatic carbocycles. The monoisotopic (exact) mass is 433 g/mol. The van der Waals surface area contributed by atoms with Crippen LogP contribution in [0.5, 0.6) is 0 Å². The van der Waals surface area contributed by atoms with Gasteiger partial charge in [-0.15, -0.1) is 0 Å². The third-order valence-electron chi connectivity index (χ3n) is 6.96. The van der Waals surface area contributed by atoms with Crippen LogP contribution in [0.25, 0.3) is 11.4 Å². The first-order valence-electron chi connectivity index (χ1n) is 12.0. The van der Waals surface area contributed by atoms with Crippen molar-refractivity contribution < 1.29 is 0 Å². The lowest BCUT2D eigenvalue weighted by molar-refractivity contribution is 0.832. The first-order valence-corrected chi connectivity index (χ1v) is 12.0. The van der Waals surface area contributed by atoms with E-state index in [1.165, 1.54) is 44.7 Å². The SMILES string of the molecule is Cc1cccc(C)c1B1N(c2c(C(C)C)cccc2C(C)C)c2ccccc2-c2nccn21. The first kappa shape index (κ1) is 21.6. The average Bonchev–Trinajstić information content (AvgIpc) is 3.28. The molecule has 0 radical (unpaired) electrons. The van der Waals surface area contributed by atoms with Crippen LogP contribution in [0.2, 0.25) is 0 Å². The maximum Gasteiger partial charge on any atom is 0.422 e. The second kappa shape index (κ2) is 8.26. The Balaban J connectivity index is 1.92. The fourth-order valence-electron chi connectivity index (χ4n) is 5.38. The van der Waals surface area contributed by atoms with Gasteiger partial charge in [-0.2, -0.15) is 0 Å². The van der Waals surface area contributed by atoms with Crippen molar-refractivity contribution in [3.8, 4) is 11.4 Å². The lowest BCUT2D eigenvalue weighted by Crippen LogP contribution is -2.56. The normalized spacial score (nSPS) is 13.0. The molecule has 0 spiro atoms. The van der Waals surface area contributed by atoms with Crippen molar-refractivity contribution in [1.82, 2.24) is 9.46 Å². The Bertz CT molecular complexity index is 1270. The van der Waals surface area contributed by atoms with Gasteiger partial charge in [0.2, 0.25) is 0 Å². The van der Waals surface area contributed by atoms with Crippen molar-refractivity contribution in [3.63, 3.8) is 0 Å². The molecule has 0 unspecified atom stereocenters. The highest BCUT2D eigenvalue weighted by atomic mass is 15.2. The van der Waals surface area contributed by atoms with Gasteiger partial charge in [0.25, 0.3) is 0 Å². The van der Waals surface area contributed by atoms with Crippen LogP contribution >= 0.6 is 0 Å². The molecule has 1 aliphatic heterocycles. The molecule has 0 saturated carbocycles. The zero-order valence-corrected chi connectivity index (χ0v) is 20.5. The highest BCUT2D eigenvalue weighted by Crippen LogP contribution is 2.45. The summed E-state index contributed by atoms with van der Waals surface area (Å²) in [5.74, 6) is 1.85. The van der Waals surface area contributed by atoms with Crippen molar-refractivity contribution in [2.75, 3.05) is 4.81 Å². The molecular formula is C29H32BN3. The van der Waals surface area contributed by atoms with Crippen molar-refractivity contribution in [1.29, 1.82) is 0 Å². The zero-order chi connectivity index (χ0) is 23.3. The largest absolute Gasteiger partial charge is 0.422 e. The number of rotatable bonds is 4. The molecule has 0 amide bonds. The number of benzene rings is 3. The highest BCUT2D eigenvalue weighted by Gasteiger charge is 2.41. The quantitative estimate of drug-likeness (QED) is 0.330. The van der Waals surface area contributed by atoms with Gasteiger partial charge >= 0.3 is 6.98 Å². The summed E-state index contributed by atoms with van der Waals surface area (Å²) >= 11 is 0. The van der Waals surface area contributed by atoms with Crippen molar-refractivity contribution in [3.05, 3.63) is 95.3 Å². The molecule has 0 atom stereocenters. The van der Waals surface area contributed by atoms with E-state index < -0.39 is 0 Å². The number of hydrogen-bond acceptors (Lipinski definition) is 2. The standard InChI is InChI=1S/C29H32BN3/c1-19(2)23-14-10-15-24(20(3)4)28(23)33-26-16-8-7-13-25(26)29-31-17-18-32(29)30(33)27-21(5)11-9-12-22(27)6/h7-20H,1-6H3. The summed E-state index contributed by atoms with van der Waals surface area (Å²) < 4.78 is 2.36. The van der Waals surface area contributed by atoms with Crippen LogP contribution in [-0.2, 0) is 0 Å². The highest BCUT2D eigenvalue weighted by molar-refractivity contribution is 6.78. The van der Waals surface area contributed by atoms with Gasteiger partial charge in [0.15, 0.2) is 0 Å². The Morgan fingerprint density at radius 2 is 1.36 bits per heavy atom. The van der Waals surface area contributed by atoms with Crippen LogP contribution < -0.4 is 10.3 Å². The Labute approximate surface area is 198 Å². The number of fused-ring (bicyclic) bond motifs is 3. The summed E-state index contributed by atoms with van der Waals surface area (Å²) in [6.07, 6.45) is 4.08. The molecule has 3 nitrogen and oxygen atoms in total. The van der Waals surface area contributed by atoms with Crippen LogP contribution in [0.1, 0.15) is 61.8 Å². The second-order valence-corrected chi connectivity index (χ2v) is 9.82. The number of aromatic nitrogens is 2. The third kappa shape index (κ3) is 3.40. The van der Waals surface area contributed by atoms with E-state index in [0.717, 1.165) is 5.82 Å². The Morgan fingerprint density at radius 3 is 2.00 bits per heavy atom. The molecule has 0 bridgehead atoms. The minimum atomic E-state index is -0.00370. The lowest BCUT2D eigenvalue weighted by Gasteiger charge is -2.41. The number of hydrogen-bond donors (Lipinski definition) is 0. The number of para-hydroxylation sites is 2. The van der Waals surface area contributed by atoms with E-state index in [0.29, 0.717) is 11.8 Å². The molecule has 1 aliphatic rings. The molecule has 2 heterocycles. The number of imidazole rings is 1. The van der Waals surface area contributed by atoms with E-state index in [2.05, 4.69) is 118 Å². The van der Waals surface area contributed by atoms with Crippen molar-refractivity contribution in [2.24, 2.45) is 0 Å². The van der Waals surface area contributed by atoms with Gasteiger partial charge in [-0.25, -0.2) is 4.98 Å². The summed E-state index contributed by atoms with van der Waals surface area (Å²) in [6.45, 7) is 13.7. The van der Waals surface area contributed by atoms with Crippen LogP contribution in [-0.4, -0.2) is 16.4 Å². The maximum atomic E-state index is 4.81. The van der Waals surface area contributed by atoms with Gasteiger partial charge in [0, 0.05) is 29.3 Å². The summed E-state index contributed by atoms with van der Waals surface area (Å²) in [5.41, 5.74) is 10.5. The molecule has 33 heavy (non-hydrogen) atoms.